The van der Waals surface area contributed by atoms with Crippen LogP contribution in [0.5, 0.6) is 11.6 Å². The van der Waals surface area contributed by atoms with Crippen LogP contribution in [0.25, 0.3) is 11.3 Å². The maximum Gasteiger partial charge on any atom is 0.281 e. The second-order valence-electron chi connectivity index (χ2n) is 10.3. The molecule has 39 heavy (non-hydrogen) atoms. The molecule has 3 aromatic rings. The molecule has 1 N–H and O–H groups in total. The fourth-order valence-corrected chi connectivity index (χ4v) is 5.44. The summed E-state index contributed by atoms with van der Waals surface area (Å²) in [4.78, 5) is 21.7. The number of sulfonamides is 1. The Morgan fingerprint density at radius 2 is 1.87 bits per heavy atom. The molecule has 0 spiro atoms. The fraction of sp³-hybridized carbons (Fsp3) is 0.414. The van der Waals surface area contributed by atoms with Gasteiger partial charge in [-0.15, -0.1) is 0 Å². The van der Waals surface area contributed by atoms with Gasteiger partial charge >= 0.3 is 0 Å². The van der Waals surface area contributed by atoms with Crippen molar-refractivity contribution in [3.05, 3.63) is 65.6 Å². The van der Waals surface area contributed by atoms with Crippen LogP contribution in [-0.2, 0) is 10.0 Å². The van der Waals surface area contributed by atoms with Crippen molar-refractivity contribution in [2.75, 3.05) is 13.2 Å². The fourth-order valence-electron chi connectivity index (χ4n) is 4.46. The maximum absolute atomic E-state index is 14.4. The van der Waals surface area contributed by atoms with E-state index in [9.17, 15) is 17.6 Å². The van der Waals surface area contributed by atoms with E-state index in [1.54, 1.807) is 25.1 Å². The first kappa shape index (κ1) is 28.5. The number of pyridine rings is 2. The topological polar surface area (TPSA) is 107 Å². The molecule has 0 atom stereocenters. The molecule has 212 valence electrons. The third kappa shape index (κ3) is 7.75. The molecule has 1 aromatic carbocycles. The number of carbonyl (C=O) groups excluding carboxylic acids is 1. The number of nitrogens with zero attached hydrogens (tertiary/aromatic N) is 2. The minimum Gasteiger partial charge on any atom is -0.493 e. The van der Waals surface area contributed by atoms with Crippen molar-refractivity contribution in [1.82, 2.24) is 14.7 Å². The number of hydrogen-bond donors (Lipinski definition) is 1. The summed E-state index contributed by atoms with van der Waals surface area (Å²) in [5.74, 6) is -0.239. The summed E-state index contributed by atoms with van der Waals surface area (Å²) in [6.45, 7) is 6.39. The number of amides is 1. The summed E-state index contributed by atoms with van der Waals surface area (Å²) in [6.07, 6.45) is 5.45. The zero-order valence-electron chi connectivity index (χ0n) is 22.4. The van der Waals surface area contributed by atoms with Gasteiger partial charge in [-0.25, -0.2) is 19.1 Å². The van der Waals surface area contributed by atoms with Crippen molar-refractivity contribution < 1.29 is 29.9 Å². The quantitative estimate of drug-likeness (QED) is 0.298. The van der Waals surface area contributed by atoms with Gasteiger partial charge in [0.25, 0.3) is 15.9 Å². The van der Waals surface area contributed by atoms with Crippen LogP contribution in [-0.4, -0.2) is 37.5 Å². The van der Waals surface area contributed by atoms with Gasteiger partial charge in [-0.3, -0.25) is 4.79 Å². The molecule has 1 aliphatic rings. The van der Waals surface area contributed by atoms with Gasteiger partial charge in [-0.05, 0) is 61.6 Å². The Balaban J connectivity index is 0.00000294. The number of aryl methyl sites for hydroxylation is 1. The van der Waals surface area contributed by atoms with Crippen molar-refractivity contribution >= 4 is 15.9 Å². The third-order valence-corrected chi connectivity index (χ3v) is 7.69. The highest BCUT2D eigenvalue weighted by Crippen LogP contribution is 2.30. The number of benzene rings is 1. The predicted molar refractivity (Wildman–Crippen MR) is 150 cm³/mol. The van der Waals surface area contributed by atoms with E-state index in [0.29, 0.717) is 41.8 Å². The van der Waals surface area contributed by atoms with Crippen LogP contribution in [0, 0.1) is 24.6 Å². The Kier molecular flexibility index (Phi) is 9.16. The van der Waals surface area contributed by atoms with Crippen molar-refractivity contribution in [2.45, 2.75) is 57.9 Å². The molecule has 0 saturated heterocycles. The average molecular weight is 560 g/mol. The molecular weight excluding hydrogens is 521 g/mol. The first-order valence-corrected chi connectivity index (χ1v) is 14.7. The molecular formula is C29H38FN3O5S. The van der Waals surface area contributed by atoms with E-state index in [1.165, 1.54) is 43.2 Å². The van der Waals surface area contributed by atoms with Gasteiger partial charge in [0.15, 0.2) is 5.03 Å². The first-order chi connectivity index (χ1) is 18.6. The lowest BCUT2D eigenvalue weighted by Crippen LogP contribution is -2.31. The third-order valence-electron chi connectivity index (χ3n) is 6.46. The van der Waals surface area contributed by atoms with Crippen LogP contribution in [0.15, 0.2) is 53.6 Å². The van der Waals surface area contributed by atoms with Gasteiger partial charge in [0, 0.05) is 20.2 Å². The van der Waals surface area contributed by atoms with E-state index in [0.717, 1.165) is 19.3 Å². The number of halogens is 1. The van der Waals surface area contributed by atoms with E-state index in [2.05, 4.69) is 14.7 Å². The molecule has 1 saturated carbocycles. The standard InChI is InChI=1S/C29H34FN3O5S.2H2/c1-19(2)18-38-24-16-22(15-23(30)17-24)26-12-11-25(29(32-26)37-14-13-21-8-4-5-9-21)28(34)33-39(35,36)27-10-6-7-20(3)31-27;;/h6-7,10-12,15-17,19,21H,4-5,8-9,13-14,18H2,1-3H3,(H,33,34);2*1H. The summed E-state index contributed by atoms with van der Waals surface area (Å²) < 4.78 is 53.8. The monoisotopic (exact) mass is 559 g/mol. The lowest BCUT2D eigenvalue weighted by molar-refractivity contribution is 0.0976. The average Bonchev–Trinajstić information content (AvgIpc) is 3.40. The lowest BCUT2D eigenvalue weighted by Gasteiger charge is -2.15. The molecule has 4 rings (SSSR count). The molecule has 10 heteroatoms. The van der Waals surface area contributed by atoms with E-state index in [4.69, 9.17) is 9.47 Å². The second kappa shape index (κ2) is 12.5. The minimum atomic E-state index is -4.23. The van der Waals surface area contributed by atoms with Crippen molar-refractivity contribution in [2.24, 2.45) is 11.8 Å². The zero-order chi connectivity index (χ0) is 28.0. The summed E-state index contributed by atoms with van der Waals surface area (Å²) in [5.41, 5.74) is 1.26. The Bertz CT molecular complexity index is 1430. The highest BCUT2D eigenvalue weighted by molar-refractivity contribution is 7.90. The Labute approximate surface area is 232 Å². The molecule has 8 nitrogen and oxygen atoms in total. The van der Waals surface area contributed by atoms with E-state index in [-0.39, 0.29) is 25.2 Å². The minimum absolute atomic E-state index is 0. The van der Waals surface area contributed by atoms with Crippen LogP contribution in [0.2, 0.25) is 0 Å². The molecule has 0 unspecified atom stereocenters. The highest BCUT2D eigenvalue weighted by Gasteiger charge is 2.24. The predicted octanol–water partition coefficient (Wildman–Crippen LogP) is 6.20. The largest absolute Gasteiger partial charge is 0.493 e. The molecule has 0 aliphatic heterocycles. The smallest absolute Gasteiger partial charge is 0.281 e. The molecule has 2 heterocycles. The van der Waals surface area contributed by atoms with Gasteiger partial charge < -0.3 is 9.47 Å². The van der Waals surface area contributed by atoms with Gasteiger partial charge in [0.1, 0.15) is 17.1 Å². The van der Waals surface area contributed by atoms with Gasteiger partial charge in [-0.2, -0.15) is 8.42 Å². The van der Waals surface area contributed by atoms with Crippen molar-refractivity contribution in [3.8, 4) is 22.9 Å². The Hall–Kier alpha value is -3.53. The molecule has 1 fully saturated rings. The summed E-state index contributed by atoms with van der Waals surface area (Å²) >= 11 is 0. The first-order valence-electron chi connectivity index (χ1n) is 13.2. The van der Waals surface area contributed by atoms with E-state index in [1.807, 2.05) is 13.8 Å². The van der Waals surface area contributed by atoms with Gasteiger partial charge in [0.05, 0.1) is 18.9 Å². The highest BCUT2D eigenvalue weighted by atomic mass is 32.2. The second-order valence-corrected chi connectivity index (χ2v) is 11.9. The van der Waals surface area contributed by atoms with E-state index >= 15 is 0 Å². The van der Waals surface area contributed by atoms with Crippen LogP contribution in [0.1, 0.15) is 64.9 Å². The SMILES string of the molecule is Cc1cccc(S(=O)(=O)NC(=O)c2ccc(-c3cc(F)cc(OCC(C)C)c3)nc2OCCC2CCCC2)n1.[HH].[HH]. The Morgan fingerprint density at radius 1 is 1.10 bits per heavy atom. The number of rotatable bonds is 11. The summed E-state index contributed by atoms with van der Waals surface area (Å²) in [7, 11) is -4.23. The number of aromatic nitrogens is 2. The number of nitrogens with one attached hydrogen (secondary N) is 1. The van der Waals surface area contributed by atoms with E-state index < -0.39 is 21.7 Å². The van der Waals surface area contributed by atoms with Crippen LogP contribution in [0.3, 0.4) is 0 Å². The Morgan fingerprint density at radius 3 is 2.59 bits per heavy atom. The van der Waals surface area contributed by atoms with Gasteiger partial charge in [0.2, 0.25) is 5.88 Å². The summed E-state index contributed by atoms with van der Waals surface area (Å²) in [5, 5.41) is -0.266. The number of hydrogen-bond acceptors (Lipinski definition) is 7. The van der Waals surface area contributed by atoms with Crippen molar-refractivity contribution in [3.63, 3.8) is 0 Å². The van der Waals surface area contributed by atoms with Crippen LogP contribution in [0.4, 0.5) is 4.39 Å². The maximum atomic E-state index is 14.4. The molecule has 2 aromatic heterocycles. The van der Waals surface area contributed by atoms with Gasteiger partial charge in [-0.1, -0.05) is 45.6 Å². The molecule has 1 amide bonds. The number of ether oxygens (including phenoxy) is 2. The van der Waals surface area contributed by atoms with Crippen LogP contribution >= 0.6 is 0 Å². The molecule has 0 radical (unpaired) electrons. The van der Waals surface area contributed by atoms with Crippen LogP contribution < -0.4 is 14.2 Å². The lowest BCUT2D eigenvalue weighted by atomic mass is 10.1. The molecule has 0 bridgehead atoms. The zero-order valence-corrected chi connectivity index (χ0v) is 23.3. The normalized spacial score (nSPS) is 14.0. The number of carbonyl (C=O) groups is 1. The summed E-state index contributed by atoms with van der Waals surface area (Å²) in [6, 6.07) is 11.8. The molecule has 1 aliphatic carbocycles. The van der Waals surface area contributed by atoms with Crippen molar-refractivity contribution in [1.29, 1.82) is 0 Å².